The number of anilines is 1. The van der Waals surface area contributed by atoms with E-state index in [1.807, 2.05) is 54.4 Å². The van der Waals surface area contributed by atoms with Crippen molar-refractivity contribution in [2.45, 2.75) is 44.1 Å². The molecule has 2 aromatic carbocycles. The second-order valence-corrected chi connectivity index (χ2v) is 7.67. The quantitative estimate of drug-likeness (QED) is 0.898. The summed E-state index contributed by atoms with van der Waals surface area (Å²) in [5, 5.41) is 2.95. The first kappa shape index (κ1) is 16.8. The molecule has 1 aliphatic heterocycles. The summed E-state index contributed by atoms with van der Waals surface area (Å²) in [5.41, 5.74) is 4.01. The zero-order valence-electron chi connectivity index (χ0n) is 15.3. The number of likely N-dealkylation sites (tertiary alicyclic amines) is 1. The number of carbonyl (C=O) groups is 2. The first-order valence-corrected chi connectivity index (χ1v) is 9.24. The van der Waals surface area contributed by atoms with Crippen LogP contribution in [0.1, 0.15) is 47.7 Å². The normalized spacial score (nSPS) is 24.6. The average Bonchev–Trinajstić information content (AvgIpc) is 2.65. The van der Waals surface area contributed by atoms with Crippen molar-refractivity contribution in [2.75, 3.05) is 12.4 Å². The van der Waals surface area contributed by atoms with Gasteiger partial charge in [0.15, 0.2) is 0 Å². The molecule has 1 heterocycles. The molecule has 0 spiro atoms. The minimum Gasteiger partial charge on any atom is -0.342 e. The zero-order chi connectivity index (χ0) is 18.3. The van der Waals surface area contributed by atoms with E-state index in [-0.39, 0.29) is 23.3 Å². The minimum absolute atomic E-state index is 0.0231. The number of likely N-dealkylation sites (N-methyl/N-ethyl adjacent to an activating group) is 1. The lowest BCUT2D eigenvalue weighted by Crippen LogP contribution is -2.56. The van der Waals surface area contributed by atoms with Gasteiger partial charge in [-0.3, -0.25) is 9.59 Å². The maximum absolute atomic E-state index is 12.6. The number of para-hydroxylation sites is 1. The fourth-order valence-corrected chi connectivity index (χ4v) is 4.65. The fraction of sp³-hybridized carbons (Fsp3) is 0.364. The second-order valence-electron chi connectivity index (χ2n) is 7.67. The Labute approximate surface area is 154 Å². The van der Waals surface area contributed by atoms with Crippen molar-refractivity contribution in [2.24, 2.45) is 0 Å². The van der Waals surface area contributed by atoms with E-state index in [0.29, 0.717) is 12.0 Å². The summed E-state index contributed by atoms with van der Waals surface area (Å²) in [4.78, 5) is 26.6. The summed E-state index contributed by atoms with van der Waals surface area (Å²) >= 11 is 0. The van der Waals surface area contributed by atoms with E-state index in [0.717, 1.165) is 24.9 Å². The molecular formula is C22H24N2O2. The highest BCUT2D eigenvalue weighted by molar-refractivity contribution is 6.04. The van der Waals surface area contributed by atoms with Gasteiger partial charge in [-0.2, -0.15) is 0 Å². The molecule has 2 unspecified atom stereocenters. The highest BCUT2D eigenvalue weighted by Gasteiger charge is 2.46. The number of carbonyl (C=O) groups excluding carboxylic acids is 2. The molecule has 0 aromatic heterocycles. The first-order chi connectivity index (χ1) is 12.5. The summed E-state index contributed by atoms with van der Waals surface area (Å²) in [7, 11) is 1.93. The lowest BCUT2D eigenvalue weighted by Gasteiger charge is -2.50. The Hall–Kier alpha value is -2.62. The molecule has 2 aromatic rings. The third-order valence-electron chi connectivity index (χ3n) is 6.16. The molecule has 1 fully saturated rings. The molecule has 2 atom stereocenters. The zero-order valence-corrected chi connectivity index (χ0v) is 15.3. The van der Waals surface area contributed by atoms with Crippen LogP contribution in [0.5, 0.6) is 0 Å². The van der Waals surface area contributed by atoms with Crippen molar-refractivity contribution < 1.29 is 9.59 Å². The van der Waals surface area contributed by atoms with Crippen LogP contribution < -0.4 is 5.32 Å². The van der Waals surface area contributed by atoms with Crippen LogP contribution in [0, 0.1) is 0 Å². The number of aryl methyl sites for hydroxylation is 1. The van der Waals surface area contributed by atoms with Crippen LogP contribution in [0.2, 0.25) is 0 Å². The molecule has 1 saturated heterocycles. The van der Waals surface area contributed by atoms with Crippen molar-refractivity contribution in [1.29, 1.82) is 0 Å². The van der Waals surface area contributed by atoms with Crippen LogP contribution in [0.4, 0.5) is 5.69 Å². The van der Waals surface area contributed by atoms with Crippen molar-refractivity contribution in [3.8, 4) is 0 Å². The maximum atomic E-state index is 12.6. The molecule has 4 heteroatoms. The molecule has 134 valence electrons. The van der Waals surface area contributed by atoms with Gasteiger partial charge < -0.3 is 10.2 Å². The third kappa shape index (κ3) is 2.70. The van der Waals surface area contributed by atoms with Crippen molar-refractivity contribution >= 4 is 17.5 Å². The lowest BCUT2D eigenvalue weighted by molar-refractivity contribution is -0.138. The second kappa shape index (κ2) is 6.27. The molecule has 1 N–H and O–H groups in total. The van der Waals surface area contributed by atoms with Crippen LogP contribution in [-0.2, 0) is 16.6 Å². The van der Waals surface area contributed by atoms with E-state index in [4.69, 9.17) is 0 Å². The number of rotatable bonds is 2. The number of nitrogens with zero attached hydrogens (tertiary/aromatic N) is 1. The highest BCUT2D eigenvalue weighted by atomic mass is 16.2. The maximum Gasteiger partial charge on any atom is 0.255 e. The van der Waals surface area contributed by atoms with Gasteiger partial charge >= 0.3 is 0 Å². The molecule has 2 amide bonds. The summed E-state index contributed by atoms with van der Waals surface area (Å²) in [6.45, 7) is 2.27. The van der Waals surface area contributed by atoms with E-state index < -0.39 is 0 Å². The molecular weight excluding hydrogens is 324 g/mol. The number of benzene rings is 2. The number of nitrogens with one attached hydrogen (secondary N) is 1. The SMILES string of the molecule is CN1C(=O)CCC2(C)c3ccc(C(=O)Nc4ccccc4)cc3CCC12. The Kier molecular flexibility index (Phi) is 4.06. The van der Waals surface area contributed by atoms with Crippen molar-refractivity contribution in [3.63, 3.8) is 0 Å². The molecule has 4 rings (SSSR count). The Morgan fingerprint density at radius 2 is 1.92 bits per heavy atom. The van der Waals surface area contributed by atoms with E-state index in [1.165, 1.54) is 11.1 Å². The van der Waals surface area contributed by atoms with E-state index in [2.05, 4.69) is 18.3 Å². The molecule has 0 radical (unpaired) electrons. The smallest absolute Gasteiger partial charge is 0.255 e. The number of hydrogen-bond acceptors (Lipinski definition) is 2. The molecule has 4 nitrogen and oxygen atoms in total. The molecule has 0 saturated carbocycles. The Morgan fingerprint density at radius 3 is 2.69 bits per heavy atom. The number of piperidine rings is 1. The Balaban J connectivity index is 1.62. The van der Waals surface area contributed by atoms with Gasteiger partial charge in [0.25, 0.3) is 5.91 Å². The van der Waals surface area contributed by atoms with Crippen LogP contribution >= 0.6 is 0 Å². The predicted molar refractivity (Wildman–Crippen MR) is 102 cm³/mol. The van der Waals surface area contributed by atoms with Gasteiger partial charge in [0, 0.05) is 36.2 Å². The van der Waals surface area contributed by atoms with Gasteiger partial charge in [0.1, 0.15) is 0 Å². The van der Waals surface area contributed by atoms with Crippen LogP contribution in [0.25, 0.3) is 0 Å². The van der Waals surface area contributed by atoms with E-state index in [1.54, 1.807) is 0 Å². The topological polar surface area (TPSA) is 49.4 Å². The Bertz CT molecular complexity index is 862. The van der Waals surface area contributed by atoms with Crippen LogP contribution in [0.15, 0.2) is 48.5 Å². The first-order valence-electron chi connectivity index (χ1n) is 9.24. The largest absolute Gasteiger partial charge is 0.342 e. The Morgan fingerprint density at radius 1 is 1.15 bits per heavy atom. The number of fused-ring (bicyclic) bond motifs is 3. The van der Waals surface area contributed by atoms with Gasteiger partial charge in [-0.15, -0.1) is 0 Å². The van der Waals surface area contributed by atoms with E-state index in [9.17, 15) is 9.59 Å². The molecule has 0 bridgehead atoms. The third-order valence-corrected chi connectivity index (χ3v) is 6.16. The number of amides is 2. The van der Waals surface area contributed by atoms with Gasteiger partial charge in [-0.05, 0) is 54.7 Å². The van der Waals surface area contributed by atoms with Crippen molar-refractivity contribution in [3.05, 3.63) is 65.2 Å². The summed E-state index contributed by atoms with van der Waals surface area (Å²) in [6, 6.07) is 15.8. The van der Waals surface area contributed by atoms with Gasteiger partial charge in [0.05, 0.1) is 0 Å². The molecule has 26 heavy (non-hydrogen) atoms. The van der Waals surface area contributed by atoms with Crippen LogP contribution in [-0.4, -0.2) is 29.8 Å². The monoisotopic (exact) mass is 348 g/mol. The summed E-state index contributed by atoms with van der Waals surface area (Å²) in [6.07, 6.45) is 3.33. The fourth-order valence-electron chi connectivity index (χ4n) is 4.65. The van der Waals surface area contributed by atoms with Gasteiger partial charge in [-0.25, -0.2) is 0 Å². The van der Waals surface area contributed by atoms with Crippen LogP contribution in [0.3, 0.4) is 0 Å². The van der Waals surface area contributed by atoms with Crippen molar-refractivity contribution in [1.82, 2.24) is 4.90 Å². The average molecular weight is 348 g/mol. The van der Waals surface area contributed by atoms with E-state index >= 15 is 0 Å². The standard InChI is InChI=1S/C22H24N2O2/c1-22-13-12-20(25)24(2)19(22)11-9-15-14-16(8-10-18(15)22)21(26)23-17-6-4-3-5-7-17/h3-8,10,14,19H,9,11-13H2,1-2H3,(H,23,26). The number of hydrogen-bond donors (Lipinski definition) is 1. The van der Waals surface area contributed by atoms with Gasteiger partial charge in [0.2, 0.25) is 5.91 Å². The lowest BCUT2D eigenvalue weighted by atomic mass is 9.63. The predicted octanol–water partition coefficient (Wildman–Crippen LogP) is 3.76. The highest BCUT2D eigenvalue weighted by Crippen LogP contribution is 2.45. The van der Waals surface area contributed by atoms with Gasteiger partial charge in [-0.1, -0.05) is 31.2 Å². The molecule has 1 aliphatic carbocycles. The molecule has 2 aliphatic rings. The summed E-state index contributed by atoms with van der Waals surface area (Å²) in [5.74, 6) is 0.164. The summed E-state index contributed by atoms with van der Waals surface area (Å²) < 4.78 is 0. The minimum atomic E-state index is -0.0813.